The average Bonchev–Trinajstić information content (AvgIpc) is 2.63. The molecule has 0 unspecified atom stereocenters. The number of para-hydroxylation sites is 1. The van der Waals surface area contributed by atoms with Crippen LogP contribution in [0.25, 0.3) is 10.9 Å². The van der Waals surface area contributed by atoms with E-state index in [1.165, 1.54) is 7.11 Å². The van der Waals surface area contributed by atoms with Gasteiger partial charge in [-0.25, -0.2) is 0 Å². The number of carbonyl (C=O) groups excluding carboxylic acids is 1. The topological polar surface area (TPSA) is 54.5 Å². The summed E-state index contributed by atoms with van der Waals surface area (Å²) in [6.07, 6.45) is 1.29. The number of anilines is 1. The number of carbonyl (C=O) groups is 1. The molecule has 1 aromatic carbocycles. The van der Waals surface area contributed by atoms with Crippen LogP contribution in [0.4, 0.5) is 5.69 Å². The Morgan fingerprint density at radius 3 is 2.64 bits per heavy atom. The summed E-state index contributed by atoms with van der Waals surface area (Å²) in [4.78, 5) is 18.9. The van der Waals surface area contributed by atoms with Gasteiger partial charge < -0.3 is 15.0 Å². The molecule has 1 N–H and O–H groups in total. The maximum absolute atomic E-state index is 11.8. The molecule has 1 heterocycles. The van der Waals surface area contributed by atoms with E-state index in [1.807, 2.05) is 25.1 Å². The van der Waals surface area contributed by atoms with Crippen LogP contribution in [-0.2, 0) is 16.0 Å². The van der Waals surface area contributed by atoms with Gasteiger partial charge in [0, 0.05) is 28.9 Å². The highest BCUT2D eigenvalue weighted by atomic mass is 16.5. The van der Waals surface area contributed by atoms with Gasteiger partial charge in [-0.2, -0.15) is 0 Å². The van der Waals surface area contributed by atoms with Crippen LogP contribution in [0, 0.1) is 6.92 Å². The third kappa shape index (κ3) is 4.92. The third-order valence-electron chi connectivity index (χ3n) is 4.60. The quantitative estimate of drug-likeness (QED) is 0.559. The molecule has 0 spiro atoms. The molecule has 2 rings (SSSR count). The number of pyridine rings is 1. The smallest absolute Gasteiger partial charge is 0.310 e. The Balaban J connectivity index is 2.24. The van der Waals surface area contributed by atoms with Gasteiger partial charge in [0.25, 0.3) is 0 Å². The Morgan fingerprint density at radius 2 is 1.96 bits per heavy atom. The Hall–Kier alpha value is -2.14. The van der Waals surface area contributed by atoms with Gasteiger partial charge in [-0.05, 0) is 39.0 Å². The molecular weight excluding hydrogens is 314 g/mol. The van der Waals surface area contributed by atoms with Crippen LogP contribution in [0.15, 0.2) is 24.3 Å². The summed E-state index contributed by atoms with van der Waals surface area (Å²) >= 11 is 0. The van der Waals surface area contributed by atoms with E-state index in [1.54, 1.807) is 0 Å². The highest BCUT2D eigenvalue weighted by molar-refractivity contribution is 5.95. The number of aryl methyl sites for hydroxylation is 1. The van der Waals surface area contributed by atoms with Gasteiger partial charge in [0.2, 0.25) is 0 Å². The third-order valence-corrected chi connectivity index (χ3v) is 4.60. The predicted octanol–water partition coefficient (Wildman–Crippen LogP) is 3.40. The zero-order valence-corrected chi connectivity index (χ0v) is 15.8. The van der Waals surface area contributed by atoms with E-state index >= 15 is 0 Å². The summed E-state index contributed by atoms with van der Waals surface area (Å²) in [5, 5.41) is 4.61. The molecule has 25 heavy (non-hydrogen) atoms. The Labute approximate surface area is 150 Å². The van der Waals surface area contributed by atoms with Crippen molar-refractivity contribution in [2.75, 3.05) is 38.6 Å². The van der Waals surface area contributed by atoms with Crippen LogP contribution in [0.3, 0.4) is 0 Å². The maximum atomic E-state index is 11.8. The normalized spacial score (nSPS) is 11.1. The van der Waals surface area contributed by atoms with E-state index in [2.05, 4.69) is 35.1 Å². The van der Waals surface area contributed by atoms with Gasteiger partial charge in [-0.1, -0.05) is 32.0 Å². The number of nitrogens with zero attached hydrogens (tertiary/aromatic N) is 2. The van der Waals surface area contributed by atoms with E-state index in [9.17, 15) is 4.79 Å². The van der Waals surface area contributed by atoms with Crippen molar-refractivity contribution in [3.05, 3.63) is 35.5 Å². The molecule has 0 amide bonds. The van der Waals surface area contributed by atoms with E-state index < -0.39 is 0 Å². The molecule has 0 aliphatic carbocycles. The van der Waals surface area contributed by atoms with Gasteiger partial charge >= 0.3 is 5.97 Å². The fourth-order valence-electron chi connectivity index (χ4n) is 3.06. The highest BCUT2D eigenvalue weighted by Gasteiger charge is 2.15. The van der Waals surface area contributed by atoms with Crippen LogP contribution in [0.5, 0.6) is 0 Å². The molecule has 0 aliphatic heterocycles. The molecule has 0 atom stereocenters. The van der Waals surface area contributed by atoms with Gasteiger partial charge in [0.15, 0.2) is 0 Å². The molecule has 0 saturated carbocycles. The number of nitrogens with one attached hydrogen (secondary N) is 1. The zero-order valence-electron chi connectivity index (χ0n) is 15.8. The fraction of sp³-hybridized carbons (Fsp3) is 0.500. The highest BCUT2D eigenvalue weighted by Crippen LogP contribution is 2.29. The maximum Gasteiger partial charge on any atom is 0.310 e. The molecular formula is C20H29N3O2. The van der Waals surface area contributed by atoms with Gasteiger partial charge in [-0.15, -0.1) is 0 Å². The Kier molecular flexibility index (Phi) is 7.19. The van der Waals surface area contributed by atoms with Crippen molar-refractivity contribution in [3.8, 4) is 0 Å². The van der Waals surface area contributed by atoms with E-state index in [-0.39, 0.29) is 12.4 Å². The molecule has 0 fully saturated rings. The first-order valence-electron chi connectivity index (χ1n) is 9.01. The average molecular weight is 343 g/mol. The lowest BCUT2D eigenvalue weighted by Crippen LogP contribution is -2.25. The molecule has 1 aromatic heterocycles. The van der Waals surface area contributed by atoms with Crippen molar-refractivity contribution in [3.63, 3.8) is 0 Å². The lowest BCUT2D eigenvalue weighted by molar-refractivity contribution is -0.139. The SMILES string of the molecule is CCN(CC)CCCNc1c(CC(=O)OC)c(C)nc2ccccc12. The first kappa shape index (κ1) is 19.2. The number of hydrogen-bond donors (Lipinski definition) is 1. The summed E-state index contributed by atoms with van der Waals surface area (Å²) in [6, 6.07) is 8.04. The fourth-order valence-corrected chi connectivity index (χ4v) is 3.06. The van der Waals surface area contributed by atoms with Crippen LogP contribution in [0.1, 0.15) is 31.5 Å². The summed E-state index contributed by atoms with van der Waals surface area (Å²) in [5.41, 5.74) is 3.75. The monoisotopic (exact) mass is 343 g/mol. The van der Waals surface area contributed by atoms with Gasteiger partial charge in [0.05, 0.1) is 19.0 Å². The molecule has 0 bridgehead atoms. The second-order valence-electron chi connectivity index (χ2n) is 6.13. The van der Waals surface area contributed by atoms with Crippen molar-refractivity contribution in [1.82, 2.24) is 9.88 Å². The second-order valence-corrected chi connectivity index (χ2v) is 6.13. The molecule has 5 nitrogen and oxygen atoms in total. The Morgan fingerprint density at radius 1 is 1.24 bits per heavy atom. The first-order valence-corrected chi connectivity index (χ1v) is 9.01. The van der Waals surface area contributed by atoms with Gasteiger partial charge in [0.1, 0.15) is 0 Å². The summed E-state index contributed by atoms with van der Waals surface area (Å²) < 4.78 is 4.86. The van der Waals surface area contributed by atoms with Gasteiger partial charge in [-0.3, -0.25) is 9.78 Å². The zero-order chi connectivity index (χ0) is 18.2. The van der Waals surface area contributed by atoms with E-state index in [4.69, 9.17) is 4.74 Å². The van der Waals surface area contributed by atoms with Crippen molar-refractivity contribution in [2.45, 2.75) is 33.6 Å². The number of aromatic nitrogens is 1. The molecule has 0 aliphatic rings. The molecule has 136 valence electrons. The minimum absolute atomic E-state index is 0.235. The Bertz CT molecular complexity index is 711. The summed E-state index contributed by atoms with van der Waals surface area (Å²) in [5.74, 6) is -0.244. The minimum Gasteiger partial charge on any atom is -0.469 e. The van der Waals surface area contributed by atoms with Crippen LogP contribution in [-0.4, -0.2) is 49.1 Å². The molecule has 5 heteroatoms. The largest absolute Gasteiger partial charge is 0.469 e. The number of rotatable bonds is 9. The number of fused-ring (bicyclic) bond motifs is 1. The number of benzene rings is 1. The number of hydrogen-bond acceptors (Lipinski definition) is 5. The lowest BCUT2D eigenvalue weighted by atomic mass is 10.0. The van der Waals surface area contributed by atoms with E-state index in [0.29, 0.717) is 0 Å². The summed E-state index contributed by atoms with van der Waals surface area (Å²) in [6.45, 7) is 10.4. The van der Waals surface area contributed by atoms with Crippen LogP contribution < -0.4 is 5.32 Å². The van der Waals surface area contributed by atoms with Crippen molar-refractivity contribution in [2.24, 2.45) is 0 Å². The lowest BCUT2D eigenvalue weighted by Gasteiger charge is -2.20. The van der Waals surface area contributed by atoms with Crippen molar-refractivity contribution >= 4 is 22.6 Å². The minimum atomic E-state index is -0.244. The summed E-state index contributed by atoms with van der Waals surface area (Å²) in [7, 11) is 1.42. The van der Waals surface area contributed by atoms with Crippen molar-refractivity contribution in [1.29, 1.82) is 0 Å². The molecule has 2 aromatic rings. The number of esters is 1. The molecule has 0 saturated heterocycles. The standard InChI is InChI=1S/C20H29N3O2/c1-5-23(6-2)13-9-12-21-20-16-10-7-8-11-18(16)22-15(3)17(20)14-19(24)25-4/h7-8,10-11H,5-6,9,12-14H2,1-4H3,(H,21,22). The number of ether oxygens (including phenoxy) is 1. The van der Waals surface area contributed by atoms with Crippen LogP contribution >= 0.6 is 0 Å². The predicted molar refractivity (Wildman–Crippen MR) is 103 cm³/mol. The first-order chi connectivity index (χ1) is 12.1. The van der Waals surface area contributed by atoms with Crippen LogP contribution in [0.2, 0.25) is 0 Å². The second kappa shape index (κ2) is 9.37. The van der Waals surface area contributed by atoms with E-state index in [0.717, 1.165) is 60.4 Å². The molecule has 0 radical (unpaired) electrons. The number of methoxy groups -OCH3 is 1. The van der Waals surface area contributed by atoms with Crippen molar-refractivity contribution < 1.29 is 9.53 Å².